The van der Waals surface area contributed by atoms with Crippen LogP contribution in [0.5, 0.6) is 5.75 Å². The number of H-pyrrole nitrogens is 1. The van der Waals surface area contributed by atoms with E-state index in [1.54, 1.807) is 19.1 Å². The van der Waals surface area contributed by atoms with Crippen molar-refractivity contribution in [3.8, 4) is 17.0 Å². The highest BCUT2D eigenvalue weighted by Gasteiger charge is 2.11. The van der Waals surface area contributed by atoms with Crippen LogP contribution >= 0.6 is 11.6 Å². The minimum absolute atomic E-state index is 0.317. The van der Waals surface area contributed by atoms with E-state index in [4.69, 9.17) is 16.3 Å². The predicted octanol–water partition coefficient (Wildman–Crippen LogP) is 4.67. The monoisotopic (exact) mass is 396 g/mol. The average molecular weight is 397 g/mol. The molecule has 6 nitrogen and oxygen atoms in total. The van der Waals surface area contributed by atoms with E-state index in [9.17, 15) is 4.79 Å². The molecule has 1 aromatic heterocycles. The van der Waals surface area contributed by atoms with Crippen molar-refractivity contribution in [3.63, 3.8) is 0 Å². The molecule has 3 rings (SSSR count). The fourth-order valence-electron chi connectivity index (χ4n) is 2.54. The molecular weight excluding hydrogens is 376 g/mol. The van der Waals surface area contributed by atoms with Crippen molar-refractivity contribution in [2.45, 2.75) is 20.3 Å². The Morgan fingerprint density at radius 3 is 2.68 bits per heavy atom. The van der Waals surface area contributed by atoms with Gasteiger partial charge in [-0.25, -0.2) is 5.43 Å². The van der Waals surface area contributed by atoms with Gasteiger partial charge in [0.1, 0.15) is 11.4 Å². The van der Waals surface area contributed by atoms with Crippen molar-refractivity contribution in [1.82, 2.24) is 15.6 Å². The number of amides is 1. The molecule has 7 heteroatoms. The molecule has 0 bridgehead atoms. The topological polar surface area (TPSA) is 79.4 Å². The number of nitrogens with one attached hydrogen (secondary N) is 2. The molecule has 0 aliphatic rings. The lowest BCUT2D eigenvalue weighted by Crippen LogP contribution is -2.19. The first kappa shape index (κ1) is 19.6. The normalized spacial score (nSPS) is 11.3. The Bertz CT molecular complexity index is 980. The van der Waals surface area contributed by atoms with Crippen LogP contribution in [0.1, 0.15) is 36.3 Å². The van der Waals surface area contributed by atoms with E-state index < -0.39 is 0 Å². The Labute approximate surface area is 168 Å². The van der Waals surface area contributed by atoms with Crippen LogP contribution in [0.2, 0.25) is 5.02 Å². The summed E-state index contributed by atoms with van der Waals surface area (Å²) in [5.74, 6) is 0.427. The van der Waals surface area contributed by atoms with Crippen molar-refractivity contribution >= 4 is 23.2 Å². The molecule has 2 N–H and O–H groups in total. The first-order valence-electron chi connectivity index (χ1n) is 8.96. The summed E-state index contributed by atoms with van der Waals surface area (Å²) in [6.07, 6.45) is 0.956. The van der Waals surface area contributed by atoms with Gasteiger partial charge in [-0.3, -0.25) is 9.89 Å². The van der Waals surface area contributed by atoms with Gasteiger partial charge in [0.25, 0.3) is 5.91 Å². The summed E-state index contributed by atoms with van der Waals surface area (Å²) < 4.78 is 5.57. The van der Waals surface area contributed by atoms with Crippen molar-refractivity contribution in [2.75, 3.05) is 6.61 Å². The minimum atomic E-state index is -0.381. The predicted molar refractivity (Wildman–Crippen MR) is 111 cm³/mol. The average Bonchev–Trinajstić information content (AvgIpc) is 3.21. The van der Waals surface area contributed by atoms with Gasteiger partial charge in [0, 0.05) is 16.1 Å². The number of hydrogen-bond acceptors (Lipinski definition) is 4. The van der Waals surface area contributed by atoms with Gasteiger partial charge in [-0.2, -0.15) is 10.2 Å². The zero-order valence-electron chi connectivity index (χ0n) is 15.7. The zero-order valence-corrected chi connectivity index (χ0v) is 16.5. The van der Waals surface area contributed by atoms with Crippen LogP contribution in [0.25, 0.3) is 11.3 Å². The van der Waals surface area contributed by atoms with Crippen LogP contribution in [-0.4, -0.2) is 28.4 Å². The first-order chi connectivity index (χ1) is 13.6. The summed E-state index contributed by atoms with van der Waals surface area (Å²) >= 11 is 6.14. The summed E-state index contributed by atoms with van der Waals surface area (Å²) in [6.45, 7) is 4.52. The van der Waals surface area contributed by atoms with Crippen LogP contribution < -0.4 is 10.2 Å². The van der Waals surface area contributed by atoms with Gasteiger partial charge in [-0.05, 0) is 49.7 Å². The number of aromatic amines is 1. The van der Waals surface area contributed by atoms with E-state index in [1.807, 2.05) is 42.5 Å². The lowest BCUT2D eigenvalue weighted by atomic mass is 10.1. The number of rotatable bonds is 7. The fourth-order valence-corrected chi connectivity index (χ4v) is 2.81. The highest BCUT2D eigenvalue weighted by molar-refractivity contribution is 6.34. The second-order valence-electron chi connectivity index (χ2n) is 6.16. The van der Waals surface area contributed by atoms with Gasteiger partial charge in [0.2, 0.25) is 0 Å². The summed E-state index contributed by atoms with van der Waals surface area (Å²) in [5, 5.41) is 11.6. The van der Waals surface area contributed by atoms with E-state index in [0.29, 0.717) is 28.7 Å². The lowest BCUT2D eigenvalue weighted by molar-refractivity contribution is 0.0950. The molecule has 0 saturated heterocycles. The smallest absolute Gasteiger partial charge is 0.289 e. The number of hydrogen-bond donors (Lipinski definition) is 2. The van der Waals surface area contributed by atoms with Gasteiger partial charge in [-0.15, -0.1) is 0 Å². The molecule has 28 heavy (non-hydrogen) atoms. The van der Waals surface area contributed by atoms with Gasteiger partial charge in [0.05, 0.1) is 18.0 Å². The molecule has 1 heterocycles. The maximum Gasteiger partial charge on any atom is 0.289 e. The van der Waals surface area contributed by atoms with Gasteiger partial charge in [0.15, 0.2) is 0 Å². The highest BCUT2D eigenvalue weighted by Crippen LogP contribution is 2.21. The molecule has 0 radical (unpaired) electrons. The standard InChI is InChI=1S/C21H21ClN4O2/c1-3-12-28-16-10-8-15(9-11-16)19-13-20(25-24-19)21(27)26-23-14(2)17-6-4-5-7-18(17)22/h4-11,13H,3,12H2,1-2H3,(H,24,25)(H,26,27)/b23-14-. The number of carbonyl (C=O) groups is 1. The Kier molecular flexibility index (Phi) is 6.45. The fraction of sp³-hybridized carbons (Fsp3) is 0.190. The van der Waals surface area contributed by atoms with Crippen molar-refractivity contribution in [1.29, 1.82) is 0 Å². The molecule has 0 unspecified atom stereocenters. The SMILES string of the molecule is CCCOc1ccc(-c2cc(C(=O)N/N=C(/C)c3ccccc3Cl)[nH]n2)cc1. The number of halogens is 1. The molecule has 0 fully saturated rings. The van der Waals surface area contributed by atoms with E-state index >= 15 is 0 Å². The van der Waals surface area contributed by atoms with Gasteiger partial charge < -0.3 is 4.74 Å². The highest BCUT2D eigenvalue weighted by atomic mass is 35.5. The second kappa shape index (κ2) is 9.19. The largest absolute Gasteiger partial charge is 0.494 e. The van der Waals surface area contributed by atoms with Crippen molar-refractivity contribution in [2.24, 2.45) is 5.10 Å². The maximum absolute atomic E-state index is 12.3. The quantitative estimate of drug-likeness (QED) is 0.449. The van der Waals surface area contributed by atoms with E-state index in [1.165, 1.54) is 0 Å². The number of benzene rings is 2. The van der Waals surface area contributed by atoms with Crippen LogP contribution in [0.4, 0.5) is 0 Å². The molecule has 2 aromatic carbocycles. The molecule has 3 aromatic rings. The Morgan fingerprint density at radius 2 is 1.96 bits per heavy atom. The number of nitrogens with zero attached hydrogens (tertiary/aromatic N) is 2. The maximum atomic E-state index is 12.3. The molecule has 0 atom stereocenters. The zero-order chi connectivity index (χ0) is 19.9. The summed E-state index contributed by atoms with van der Waals surface area (Å²) in [7, 11) is 0. The molecule has 0 aliphatic heterocycles. The third kappa shape index (κ3) is 4.78. The van der Waals surface area contributed by atoms with E-state index in [2.05, 4.69) is 27.6 Å². The van der Waals surface area contributed by atoms with Crippen molar-refractivity contribution in [3.05, 3.63) is 70.9 Å². The van der Waals surface area contributed by atoms with Crippen LogP contribution in [0.15, 0.2) is 59.7 Å². The third-order valence-electron chi connectivity index (χ3n) is 4.03. The molecule has 1 amide bonds. The van der Waals surface area contributed by atoms with E-state index in [-0.39, 0.29) is 5.91 Å². The molecule has 144 valence electrons. The summed E-state index contributed by atoms with van der Waals surface area (Å²) in [4.78, 5) is 12.3. The van der Waals surface area contributed by atoms with Crippen LogP contribution in [-0.2, 0) is 0 Å². The van der Waals surface area contributed by atoms with E-state index in [0.717, 1.165) is 23.3 Å². The molecule has 0 saturated carbocycles. The van der Waals surface area contributed by atoms with Crippen LogP contribution in [0, 0.1) is 0 Å². The number of carbonyl (C=O) groups excluding carboxylic acids is 1. The Hall–Kier alpha value is -3.12. The van der Waals surface area contributed by atoms with Crippen molar-refractivity contribution < 1.29 is 9.53 Å². The molecular formula is C21H21ClN4O2. The van der Waals surface area contributed by atoms with Crippen LogP contribution in [0.3, 0.4) is 0 Å². The minimum Gasteiger partial charge on any atom is -0.494 e. The number of ether oxygens (including phenoxy) is 1. The molecule has 0 aliphatic carbocycles. The van der Waals surface area contributed by atoms with Gasteiger partial charge >= 0.3 is 0 Å². The lowest BCUT2D eigenvalue weighted by Gasteiger charge is -2.04. The Morgan fingerprint density at radius 1 is 1.21 bits per heavy atom. The van der Waals surface area contributed by atoms with Gasteiger partial charge in [-0.1, -0.05) is 36.7 Å². The molecule has 0 spiro atoms. The number of aromatic nitrogens is 2. The first-order valence-corrected chi connectivity index (χ1v) is 9.34. The summed E-state index contributed by atoms with van der Waals surface area (Å²) in [5.41, 5.74) is 5.76. The Balaban J connectivity index is 1.67. The second-order valence-corrected chi connectivity index (χ2v) is 6.56. The number of hydrazone groups is 1. The summed E-state index contributed by atoms with van der Waals surface area (Å²) in [6, 6.07) is 16.6. The third-order valence-corrected chi connectivity index (χ3v) is 4.36.